The van der Waals surface area contributed by atoms with Crippen LogP contribution in [0.15, 0.2) is 0 Å². The van der Waals surface area contributed by atoms with Gasteiger partial charge in [0.2, 0.25) is 0 Å². The van der Waals surface area contributed by atoms with Crippen LogP contribution in [-0.2, 0) is 9.59 Å². The van der Waals surface area contributed by atoms with Gasteiger partial charge in [-0.1, -0.05) is 0 Å². The highest BCUT2D eigenvalue weighted by molar-refractivity contribution is 8.00. The van der Waals surface area contributed by atoms with Crippen LogP contribution in [-0.4, -0.2) is 57.2 Å². The van der Waals surface area contributed by atoms with Crippen LogP contribution in [0.1, 0.15) is 38.5 Å². The molecule has 1 heterocycles. The monoisotopic (exact) mass is 335 g/mol. The van der Waals surface area contributed by atoms with Crippen LogP contribution < -0.4 is 5.32 Å². The van der Waals surface area contributed by atoms with Crippen LogP contribution in [0.3, 0.4) is 0 Å². The summed E-state index contributed by atoms with van der Waals surface area (Å²) in [5.41, 5.74) is 0. The standard InChI is InChI=1S/C14H25NO4S2/c16-7-3-1-5-13-15-14(6-2-4-8-17)21-10-12(19)11(18)9-20-13/h7-8,11-15,18-19H,1-6,9-10H2. The topological polar surface area (TPSA) is 86.6 Å². The smallest absolute Gasteiger partial charge is 0.119 e. The summed E-state index contributed by atoms with van der Waals surface area (Å²) in [5, 5.41) is 23.6. The van der Waals surface area contributed by atoms with Crippen molar-refractivity contribution in [3.8, 4) is 0 Å². The average Bonchev–Trinajstić information content (AvgIpc) is 2.54. The van der Waals surface area contributed by atoms with Gasteiger partial charge in [-0.05, 0) is 25.7 Å². The van der Waals surface area contributed by atoms with Crippen molar-refractivity contribution >= 4 is 36.1 Å². The van der Waals surface area contributed by atoms with Gasteiger partial charge < -0.3 is 19.8 Å². The van der Waals surface area contributed by atoms with E-state index in [4.69, 9.17) is 0 Å². The second kappa shape index (κ2) is 11.5. The van der Waals surface area contributed by atoms with Crippen LogP contribution in [0.4, 0.5) is 0 Å². The summed E-state index contributed by atoms with van der Waals surface area (Å²) >= 11 is 3.19. The fraction of sp³-hybridized carbons (Fsp3) is 0.857. The molecule has 1 aliphatic rings. The number of unbranched alkanes of at least 4 members (excludes halogenated alkanes) is 2. The van der Waals surface area contributed by atoms with Crippen molar-refractivity contribution in [2.45, 2.75) is 61.5 Å². The van der Waals surface area contributed by atoms with E-state index in [-0.39, 0.29) is 10.7 Å². The quantitative estimate of drug-likeness (QED) is 0.453. The third kappa shape index (κ3) is 8.21. The summed E-state index contributed by atoms with van der Waals surface area (Å²) in [6.45, 7) is 0. The van der Waals surface area contributed by atoms with Gasteiger partial charge in [-0.25, -0.2) is 0 Å². The number of thioether (sulfide) groups is 2. The van der Waals surface area contributed by atoms with Crippen LogP contribution in [0.2, 0.25) is 0 Å². The third-order valence-electron chi connectivity index (χ3n) is 3.33. The van der Waals surface area contributed by atoms with Crippen LogP contribution in [0.25, 0.3) is 0 Å². The number of aliphatic hydroxyl groups is 2. The first-order chi connectivity index (χ1) is 10.2. The lowest BCUT2D eigenvalue weighted by atomic mass is 10.2. The van der Waals surface area contributed by atoms with Gasteiger partial charge in [0.25, 0.3) is 0 Å². The van der Waals surface area contributed by atoms with E-state index in [9.17, 15) is 19.8 Å². The van der Waals surface area contributed by atoms with E-state index in [0.717, 1.165) is 38.3 Å². The number of nitrogens with one attached hydrogen (secondary N) is 1. The Morgan fingerprint density at radius 3 is 1.71 bits per heavy atom. The predicted octanol–water partition coefficient (Wildman–Crippen LogP) is 1.17. The van der Waals surface area contributed by atoms with Gasteiger partial charge in [0.15, 0.2) is 0 Å². The van der Waals surface area contributed by atoms with Crippen molar-refractivity contribution in [1.82, 2.24) is 5.32 Å². The van der Waals surface area contributed by atoms with Crippen molar-refractivity contribution in [1.29, 1.82) is 0 Å². The molecule has 1 aliphatic heterocycles. The number of aliphatic hydroxyl groups excluding tert-OH is 2. The zero-order valence-electron chi connectivity index (χ0n) is 12.1. The fourth-order valence-corrected chi connectivity index (χ4v) is 4.64. The predicted molar refractivity (Wildman–Crippen MR) is 87.5 cm³/mol. The molecular weight excluding hydrogens is 310 g/mol. The van der Waals surface area contributed by atoms with Crippen molar-refractivity contribution < 1.29 is 19.8 Å². The van der Waals surface area contributed by atoms with E-state index in [2.05, 4.69) is 5.32 Å². The second-order valence-electron chi connectivity index (χ2n) is 5.14. The molecule has 4 unspecified atom stereocenters. The summed E-state index contributed by atoms with van der Waals surface area (Å²) in [4.78, 5) is 20.8. The average molecular weight is 335 g/mol. The minimum Gasteiger partial charge on any atom is -0.390 e. The van der Waals surface area contributed by atoms with Crippen molar-refractivity contribution in [2.24, 2.45) is 0 Å². The first-order valence-corrected chi connectivity index (χ1v) is 9.49. The van der Waals surface area contributed by atoms with Crippen molar-refractivity contribution in [2.75, 3.05) is 11.5 Å². The Labute approximate surface area is 134 Å². The number of hydrogen-bond donors (Lipinski definition) is 3. The largest absolute Gasteiger partial charge is 0.390 e. The maximum atomic E-state index is 10.4. The molecule has 0 saturated carbocycles. The zero-order chi connectivity index (χ0) is 15.5. The second-order valence-corrected chi connectivity index (χ2v) is 7.61. The molecule has 1 rings (SSSR count). The molecular formula is C14H25NO4S2. The molecule has 1 fully saturated rings. The Morgan fingerprint density at radius 2 is 1.33 bits per heavy atom. The highest BCUT2D eigenvalue weighted by Gasteiger charge is 2.25. The molecule has 5 nitrogen and oxygen atoms in total. The van der Waals surface area contributed by atoms with Crippen LogP contribution in [0.5, 0.6) is 0 Å². The Balaban J connectivity index is 2.54. The van der Waals surface area contributed by atoms with E-state index in [1.807, 2.05) is 0 Å². The lowest BCUT2D eigenvalue weighted by molar-refractivity contribution is -0.108. The number of hydrogen-bond acceptors (Lipinski definition) is 7. The van der Waals surface area contributed by atoms with E-state index in [1.54, 1.807) is 23.5 Å². The molecule has 0 aromatic carbocycles. The molecule has 122 valence electrons. The normalized spacial score (nSPS) is 31.0. The van der Waals surface area contributed by atoms with Gasteiger partial charge >= 0.3 is 0 Å². The summed E-state index contributed by atoms with van der Waals surface area (Å²) in [6, 6.07) is 0. The van der Waals surface area contributed by atoms with Gasteiger partial charge in [0.1, 0.15) is 12.6 Å². The fourth-order valence-electron chi connectivity index (χ4n) is 2.06. The SMILES string of the molecule is O=CCCCC1NC(CCCC=O)SCC(O)C(O)CS1. The third-order valence-corrected chi connectivity index (χ3v) is 5.95. The zero-order valence-corrected chi connectivity index (χ0v) is 13.8. The first-order valence-electron chi connectivity index (χ1n) is 7.40. The van der Waals surface area contributed by atoms with Gasteiger partial charge in [-0.3, -0.25) is 5.32 Å². The minimum atomic E-state index is -0.716. The van der Waals surface area contributed by atoms with E-state index in [1.165, 1.54) is 0 Å². The maximum absolute atomic E-state index is 10.4. The molecule has 21 heavy (non-hydrogen) atoms. The summed E-state index contributed by atoms with van der Waals surface area (Å²) in [7, 11) is 0. The van der Waals surface area contributed by atoms with Crippen LogP contribution in [0, 0.1) is 0 Å². The first kappa shape index (κ1) is 19.0. The highest BCUT2D eigenvalue weighted by atomic mass is 32.2. The van der Waals surface area contributed by atoms with Gasteiger partial charge in [0.05, 0.1) is 23.0 Å². The summed E-state index contributed by atoms with van der Waals surface area (Å²) in [5.74, 6) is 0.975. The van der Waals surface area contributed by atoms with E-state index >= 15 is 0 Å². The number of carbonyl (C=O) groups excluding carboxylic acids is 2. The molecule has 7 heteroatoms. The molecule has 0 radical (unpaired) electrons. The Morgan fingerprint density at radius 1 is 0.905 bits per heavy atom. The minimum absolute atomic E-state index is 0.165. The van der Waals surface area contributed by atoms with Crippen LogP contribution >= 0.6 is 23.5 Å². The van der Waals surface area contributed by atoms with Crippen molar-refractivity contribution in [3.63, 3.8) is 0 Å². The van der Waals surface area contributed by atoms with Gasteiger partial charge in [-0.2, -0.15) is 0 Å². The number of carbonyl (C=O) groups is 2. The summed E-state index contributed by atoms with van der Waals surface area (Å²) in [6.07, 6.45) is 4.87. The molecule has 0 aromatic rings. The maximum Gasteiger partial charge on any atom is 0.119 e. The molecule has 0 amide bonds. The molecule has 3 N–H and O–H groups in total. The van der Waals surface area contributed by atoms with Crippen molar-refractivity contribution in [3.05, 3.63) is 0 Å². The lowest BCUT2D eigenvalue weighted by Gasteiger charge is -2.24. The van der Waals surface area contributed by atoms with E-state index in [0.29, 0.717) is 24.3 Å². The Kier molecular flexibility index (Phi) is 10.4. The molecule has 0 bridgehead atoms. The Hall–Kier alpha value is -0.0800. The lowest BCUT2D eigenvalue weighted by Crippen LogP contribution is -2.34. The molecule has 0 aromatic heterocycles. The molecule has 0 spiro atoms. The van der Waals surface area contributed by atoms with Gasteiger partial charge in [0, 0.05) is 24.3 Å². The summed E-state index contributed by atoms with van der Waals surface area (Å²) < 4.78 is 0. The van der Waals surface area contributed by atoms with E-state index < -0.39 is 12.2 Å². The Bertz CT molecular complexity index is 279. The highest BCUT2D eigenvalue weighted by Crippen LogP contribution is 2.26. The molecule has 4 atom stereocenters. The number of rotatable bonds is 8. The number of aldehydes is 2. The molecule has 0 aliphatic carbocycles. The molecule has 1 saturated heterocycles. The van der Waals surface area contributed by atoms with Gasteiger partial charge in [-0.15, -0.1) is 23.5 Å².